The maximum Gasteiger partial charge on any atom is 0.325 e. The molecule has 1 aromatic carbocycles. The van der Waals surface area contributed by atoms with Crippen molar-refractivity contribution in [2.75, 3.05) is 0 Å². The van der Waals surface area contributed by atoms with Gasteiger partial charge in [0.25, 0.3) is 0 Å². The summed E-state index contributed by atoms with van der Waals surface area (Å²) in [4.78, 5) is 15.7. The highest BCUT2D eigenvalue weighted by molar-refractivity contribution is 5.29. The first kappa shape index (κ1) is 10.5. The second kappa shape index (κ2) is 4.24. The van der Waals surface area contributed by atoms with Crippen molar-refractivity contribution in [1.82, 2.24) is 9.97 Å². The molecule has 2 aromatic rings. The van der Waals surface area contributed by atoms with Crippen LogP contribution >= 0.6 is 0 Å². The maximum absolute atomic E-state index is 10.9. The summed E-state index contributed by atoms with van der Waals surface area (Å²) < 4.78 is 0. The fourth-order valence-corrected chi connectivity index (χ4v) is 1.54. The molecule has 0 aliphatic rings. The molecule has 5 N–H and O–H groups in total. The summed E-state index contributed by atoms with van der Waals surface area (Å²) in [6.07, 6.45) is 0.482. The summed E-state index contributed by atoms with van der Waals surface area (Å²) >= 11 is 0. The lowest BCUT2D eigenvalue weighted by Crippen LogP contribution is -2.01. The summed E-state index contributed by atoms with van der Waals surface area (Å²) in [5.41, 5.74) is 7.64. The van der Waals surface area contributed by atoms with Gasteiger partial charge in [-0.15, -0.1) is 0 Å². The van der Waals surface area contributed by atoms with Crippen molar-refractivity contribution in [2.45, 2.75) is 13.0 Å². The molecule has 0 aliphatic carbocycles. The summed E-state index contributed by atoms with van der Waals surface area (Å²) in [6, 6.07) is 7.70. The second-order valence-electron chi connectivity index (χ2n) is 3.60. The van der Waals surface area contributed by atoms with Crippen LogP contribution in [0, 0.1) is 0 Å². The number of nitrogens with two attached hydrogens (primary N) is 1. The Morgan fingerprint density at radius 3 is 2.25 bits per heavy atom. The molecule has 0 aliphatic heterocycles. The van der Waals surface area contributed by atoms with Gasteiger partial charge in [-0.3, -0.25) is 4.98 Å². The van der Waals surface area contributed by atoms with E-state index in [4.69, 9.17) is 5.73 Å². The van der Waals surface area contributed by atoms with Crippen molar-refractivity contribution >= 4 is 0 Å². The highest BCUT2D eigenvalue weighted by Gasteiger charge is 2.05. The number of rotatable bonds is 3. The number of H-pyrrole nitrogens is 2. The van der Waals surface area contributed by atoms with E-state index in [-0.39, 0.29) is 5.88 Å². The van der Waals surface area contributed by atoms with E-state index in [1.807, 2.05) is 24.3 Å². The monoisotopic (exact) mass is 219 g/mol. The molecule has 1 heterocycles. The lowest BCUT2D eigenvalue weighted by Gasteiger charge is -2.01. The van der Waals surface area contributed by atoms with Gasteiger partial charge in [0.1, 0.15) is 0 Å². The number of aromatic hydroxyl groups is 1. The van der Waals surface area contributed by atoms with Crippen LogP contribution in [0.3, 0.4) is 0 Å². The molecule has 0 spiro atoms. The van der Waals surface area contributed by atoms with E-state index in [1.165, 1.54) is 0 Å². The van der Waals surface area contributed by atoms with Crippen molar-refractivity contribution < 1.29 is 5.11 Å². The first-order valence-electron chi connectivity index (χ1n) is 4.97. The summed E-state index contributed by atoms with van der Waals surface area (Å²) in [7, 11) is 0. The van der Waals surface area contributed by atoms with E-state index < -0.39 is 5.69 Å². The summed E-state index contributed by atoms with van der Waals surface area (Å²) in [5, 5.41) is 9.39. The Morgan fingerprint density at radius 2 is 1.75 bits per heavy atom. The Bertz CT molecular complexity index is 525. The van der Waals surface area contributed by atoms with Gasteiger partial charge in [0.15, 0.2) is 0 Å². The molecule has 0 unspecified atom stereocenters. The van der Waals surface area contributed by atoms with Crippen LogP contribution in [0.1, 0.15) is 16.8 Å². The molecule has 0 saturated heterocycles. The van der Waals surface area contributed by atoms with Gasteiger partial charge < -0.3 is 15.8 Å². The largest absolute Gasteiger partial charge is 0.493 e. The van der Waals surface area contributed by atoms with E-state index in [2.05, 4.69) is 9.97 Å². The number of aromatic amines is 2. The molecular formula is C11H13N3O2. The molecule has 0 radical (unpaired) electrons. The molecule has 0 amide bonds. The number of aromatic nitrogens is 2. The first-order chi connectivity index (χ1) is 7.69. The number of hydrogen-bond acceptors (Lipinski definition) is 3. The van der Waals surface area contributed by atoms with Gasteiger partial charge in [0.2, 0.25) is 5.88 Å². The average molecular weight is 219 g/mol. The van der Waals surface area contributed by atoms with Crippen LogP contribution < -0.4 is 11.4 Å². The summed E-state index contributed by atoms with van der Waals surface area (Å²) in [5.74, 6) is -0.104. The summed E-state index contributed by atoms with van der Waals surface area (Å²) in [6.45, 7) is 0.506. The van der Waals surface area contributed by atoms with Gasteiger partial charge in [-0.05, 0) is 11.1 Å². The van der Waals surface area contributed by atoms with Crippen molar-refractivity contribution in [3.63, 3.8) is 0 Å². The van der Waals surface area contributed by atoms with Crippen LogP contribution in [0.25, 0.3) is 0 Å². The van der Waals surface area contributed by atoms with Crippen molar-refractivity contribution in [3.05, 3.63) is 51.6 Å². The van der Waals surface area contributed by atoms with E-state index in [0.29, 0.717) is 18.7 Å². The lowest BCUT2D eigenvalue weighted by molar-refractivity contribution is 0.450. The predicted molar refractivity (Wildman–Crippen MR) is 60.2 cm³/mol. The van der Waals surface area contributed by atoms with Crippen molar-refractivity contribution in [1.29, 1.82) is 0 Å². The molecule has 16 heavy (non-hydrogen) atoms. The van der Waals surface area contributed by atoms with Crippen LogP contribution in [0.4, 0.5) is 0 Å². The standard InChI is InChI=1S/C11H13N3O2/c12-6-8-3-1-7(2-4-8)5-9-10(15)14-11(16)13-9/h1-4,15H,5-6,12H2,(H2,13,14,16). The van der Waals surface area contributed by atoms with Crippen LogP contribution in [0.5, 0.6) is 5.88 Å². The van der Waals surface area contributed by atoms with E-state index in [1.54, 1.807) is 0 Å². The van der Waals surface area contributed by atoms with Crippen LogP contribution in [-0.4, -0.2) is 15.1 Å². The third kappa shape index (κ3) is 2.14. The fourth-order valence-electron chi connectivity index (χ4n) is 1.54. The number of nitrogens with one attached hydrogen (secondary N) is 2. The van der Waals surface area contributed by atoms with Gasteiger partial charge in [0.05, 0.1) is 5.69 Å². The minimum atomic E-state index is -0.397. The Morgan fingerprint density at radius 1 is 1.12 bits per heavy atom. The molecule has 5 heteroatoms. The molecule has 2 rings (SSSR count). The highest BCUT2D eigenvalue weighted by Crippen LogP contribution is 2.14. The zero-order chi connectivity index (χ0) is 11.5. The Balaban J connectivity index is 2.20. The Labute approximate surface area is 91.9 Å². The second-order valence-corrected chi connectivity index (χ2v) is 3.60. The van der Waals surface area contributed by atoms with E-state index >= 15 is 0 Å². The zero-order valence-electron chi connectivity index (χ0n) is 8.66. The van der Waals surface area contributed by atoms with Crippen molar-refractivity contribution in [3.8, 4) is 5.88 Å². The number of imidazole rings is 1. The molecule has 0 fully saturated rings. The molecule has 84 valence electrons. The Kier molecular flexibility index (Phi) is 2.78. The quantitative estimate of drug-likeness (QED) is 0.604. The lowest BCUT2D eigenvalue weighted by atomic mass is 10.1. The van der Waals surface area contributed by atoms with Gasteiger partial charge >= 0.3 is 5.69 Å². The number of hydrogen-bond donors (Lipinski definition) is 4. The van der Waals surface area contributed by atoms with Crippen LogP contribution in [-0.2, 0) is 13.0 Å². The van der Waals surface area contributed by atoms with Gasteiger partial charge in [-0.1, -0.05) is 24.3 Å². The fraction of sp³-hybridized carbons (Fsp3) is 0.182. The van der Waals surface area contributed by atoms with Gasteiger partial charge in [-0.2, -0.15) is 0 Å². The smallest absolute Gasteiger partial charge is 0.325 e. The van der Waals surface area contributed by atoms with Crippen LogP contribution in [0.2, 0.25) is 0 Å². The first-order valence-corrected chi connectivity index (χ1v) is 4.97. The molecule has 5 nitrogen and oxygen atoms in total. The molecule has 0 saturated carbocycles. The van der Waals surface area contributed by atoms with E-state index in [0.717, 1.165) is 11.1 Å². The normalized spacial score (nSPS) is 10.6. The predicted octanol–water partition coefficient (Wildman–Crippen LogP) is 0.458. The minimum Gasteiger partial charge on any atom is -0.493 e. The molecular weight excluding hydrogens is 206 g/mol. The number of benzene rings is 1. The zero-order valence-corrected chi connectivity index (χ0v) is 8.66. The topological polar surface area (TPSA) is 94.9 Å². The molecule has 0 bridgehead atoms. The molecule has 0 atom stereocenters. The van der Waals surface area contributed by atoms with E-state index in [9.17, 15) is 9.90 Å². The third-order valence-electron chi connectivity index (χ3n) is 2.42. The Hall–Kier alpha value is -2.01. The maximum atomic E-state index is 10.9. The SMILES string of the molecule is NCc1ccc(Cc2[nH]c(=O)[nH]c2O)cc1. The minimum absolute atomic E-state index is 0.104. The van der Waals surface area contributed by atoms with Gasteiger partial charge in [0, 0.05) is 13.0 Å². The van der Waals surface area contributed by atoms with Gasteiger partial charge in [-0.25, -0.2) is 4.79 Å². The average Bonchev–Trinajstić information content (AvgIpc) is 2.59. The third-order valence-corrected chi connectivity index (χ3v) is 2.42. The van der Waals surface area contributed by atoms with Crippen LogP contribution in [0.15, 0.2) is 29.1 Å². The molecule has 1 aromatic heterocycles. The van der Waals surface area contributed by atoms with Crippen molar-refractivity contribution in [2.24, 2.45) is 5.73 Å². The highest BCUT2D eigenvalue weighted by atomic mass is 16.3.